The van der Waals surface area contributed by atoms with Gasteiger partial charge in [-0.25, -0.2) is 0 Å². The minimum absolute atomic E-state index is 0.104. The molecule has 1 unspecified atom stereocenters. The highest BCUT2D eigenvalue weighted by Crippen LogP contribution is 2.25. The molecule has 0 saturated heterocycles. The van der Waals surface area contributed by atoms with Gasteiger partial charge in [-0.05, 0) is 24.5 Å². The summed E-state index contributed by atoms with van der Waals surface area (Å²) in [6.07, 6.45) is 2.12. The topological polar surface area (TPSA) is 92.5 Å². The van der Waals surface area contributed by atoms with Crippen molar-refractivity contribution in [2.24, 2.45) is 5.92 Å². The molecule has 0 amide bonds. The number of carbonyl (C=O) groups excluding carboxylic acids is 1. The van der Waals surface area contributed by atoms with Crippen LogP contribution in [0.5, 0.6) is 0 Å². The number of nitro groups is 1. The van der Waals surface area contributed by atoms with Crippen LogP contribution >= 0.6 is 0 Å². The molecule has 0 aromatic heterocycles. The maximum Gasteiger partial charge on any atom is 0.293 e. The molecule has 2 N–H and O–H groups in total. The van der Waals surface area contributed by atoms with Gasteiger partial charge in [0.15, 0.2) is 0 Å². The number of nitrogens with one attached hydrogen (secondary N) is 1. The van der Waals surface area contributed by atoms with E-state index in [1.54, 1.807) is 0 Å². The number of aliphatic hydroxyl groups excluding tert-OH is 1. The Morgan fingerprint density at radius 3 is 2.79 bits per heavy atom. The van der Waals surface area contributed by atoms with Gasteiger partial charge >= 0.3 is 0 Å². The van der Waals surface area contributed by atoms with Gasteiger partial charge in [0.05, 0.1) is 4.92 Å². The summed E-state index contributed by atoms with van der Waals surface area (Å²) in [7, 11) is 0. The van der Waals surface area contributed by atoms with Crippen molar-refractivity contribution in [2.75, 3.05) is 18.5 Å². The fraction of sp³-hybridized carbons (Fsp3) is 0.462. The van der Waals surface area contributed by atoms with E-state index in [9.17, 15) is 14.9 Å². The van der Waals surface area contributed by atoms with E-state index in [1.807, 2.05) is 6.92 Å². The number of aldehydes is 1. The fourth-order valence-corrected chi connectivity index (χ4v) is 1.81. The lowest BCUT2D eigenvalue weighted by molar-refractivity contribution is -0.384. The molecule has 0 fully saturated rings. The third kappa shape index (κ3) is 4.33. The average molecular weight is 266 g/mol. The maximum absolute atomic E-state index is 10.9. The van der Waals surface area contributed by atoms with E-state index in [2.05, 4.69) is 5.32 Å². The molecule has 0 heterocycles. The summed E-state index contributed by atoms with van der Waals surface area (Å²) in [6.45, 7) is 2.66. The molecule has 1 aromatic carbocycles. The lowest BCUT2D eigenvalue weighted by Gasteiger charge is -2.15. The smallest absolute Gasteiger partial charge is 0.293 e. The Balaban J connectivity index is 2.82. The summed E-state index contributed by atoms with van der Waals surface area (Å²) in [5, 5.41) is 22.9. The predicted octanol–water partition coefficient (Wildman–Crippen LogP) is 2.23. The number of benzene rings is 1. The van der Waals surface area contributed by atoms with Crippen molar-refractivity contribution in [2.45, 2.75) is 19.8 Å². The third-order valence-corrected chi connectivity index (χ3v) is 3.05. The Hall–Kier alpha value is -1.95. The van der Waals surface area contributed by atoms with Crippen molar-refractivity contribution in [3.8, 4) is 0 Å². The zero-order valence-corrected chi connectivity index (χ0v) is 10.8. The van der Waals surface area contributed by atoms with Gasteiger partial charge in [-0.15, -0.1) is 0 Å². The van der Waals surface area contributed by atoms with Crippen LogP contribution in [0.4, 0.5) is 11.4 Å². The van der Waals surface area contributed by atoms with E-state index in [4.69, 9.17) is 5.11 Å². The highest BCUT2D eigenvalue weighted by molar-refractivity contribution is 5.79. The maximum atomic E-state index is 10.9. The summed E-state index contributed by atoms with van der Waals surface area (Å²) in [4.78, 5) is 21.0. The first-order chi connectivity index (χ1) is 9.12. The zero-order valence-electron chi connectivity index (χ0n) is 10.8. The molecule has 0 aliphatic heterocycles. The zero-order chi connectivity index (χ0) is 14.3. The van der Waals surface area contributed by atoms with Gasteiger partial charge in [-0.3, -0.25) is 14.9 Å². The van der Waals surface area contributed by atoms with Crippen LogP contribution in [0.15, 0.2) is 18.2 Å². The van der Waals surface area contributed by atoms with Gasteiger partial charge in [0.25, 0.3) is 5.69 Å². The van der Waals surface area contributed by atoms with Crippen LogP contribution in [-0.2, 0) is 0 Å². The third-order valence-electron chi connectivity index (χ3n) is 3.05. The van der Waals surface area contributed by atoms with E-state index in [0.717, 1.165) is 6.42 Å². The van der Waals surface area contributed by atoms with Gasteiger partial charge in [0.2, 0.25) is 0 Å². The first-order valence-electron chi connectivity index (χ1n) is 6.20. The van der Waals surface area contributed by atoms with Crippen molar-refractivity contribution in [3.05, 3.63) is 33.9 Å². The SMILES string of the molecule is CCC(CCO)CNc1ccc(C=O)cc1[N+](=O)[O-]. The molecule has 19 heavy (non-hydrogen) atoms. The van der Waals surface area contributed by atoms with E-state index in [-0.39, 0.29) is 23.8 Å². The van der Waals surface area contributed by atoms with E-state index in [0.29, 0.717) is 24.9 Å². The highest BCUT2D eigenvalue weighted by atomic mass is 16.6. The van der Waals surface area contributed by atoms with Crippen LogP contribution in [-0.4, -0.2) is 29.5 Å². The summed E-state index contributed by atoms with van der Waals surface area (Å²) >= 11 is 0. The van der Waals surface area contributed by atoms with Crippen LogP contribution in [0, 0.1) is 16.0 Å². The van der Waals surface area contributed by atoms with Gasteiger partial charge in [0, 0.05) is 24.8 Å². The van der Waals surface area contributed by atoms with E-state index in [1.165, 1.54) is 18.2 Å². The first-order valence-corrected chi connectivity index (χ1v) is 6.20. The van der Waals surface area contributed by atoms with Crippen molar-refractivity contribution >= 4 is 17.7 Å². The lowest BCUT2D eigenvalue weighted by atomic mass is 10.0. The molecular formula is C13H18N2O4. The quantitative estimate of drug-likeness (QED) is 0.427. The van der Waals surface area contributed by atoms with Gasteiger partial charge in [-0.2, -0.15) is 0 Å². The molecule has 0 aliphatic carbocycles. The standard InChI is InChI=1S/C13H18N2O4/c1-2-10(5-6-16)8-14-12-4-3-11(9-17)7-13(12)15(18)19/h3-4,7,9-10,14,16H,2,5-6,8H2,1H3. The van der Waals surface area contributed by atoms with Crippen LogP contribution in [0.2, 0.25) is 0 Å². The molecule has 0 bridgehead atoms. The van der Waals surface area contributed by atoms with Crippen LogP contribution in [0.3, 0.4) is 0 Å². The Bertz CT molecular complexity index is 448. The van der Waals surface area contributed by atoms with Crippen molar-refractivity contribution < 1.29 is 14.8 Å². The molecule has 104 valence electrons. The number of hydrogen-bond acceptors (Lipinski definition) is 5. The molecule has 6 heteroatoms. The second kappa shape index (κ2) is 7.48. The molecule has 1 aromatic rings. The molecule has 0 spiro atoms. The van der Waals surface area contributed by atoms with Crippen LogP contribution in [0.25, 0.3) is 0 Å². The van der Waals surface area contributed by atoms with E-state index >= 15 is 0 Å². The molecule has 0 aliphatic rings. The monoisotopic (exact) mass is 266 g/mol. The minimum atomic E-state index is -0.512. The number of aliphatic hydroxyl groups is 1. The van der Waals surface area contributed by atoms with Crippen LogP contribution < -0.4 is 5.32 Å². The normalized spacial score (nSPS) is 11.9. The minimum Gasteiger partial charge on any atom is -0.396 e. The summed E-state index contributed by atoms with van der Waals surface area (Å²) in [5.74, 6) is 0.260. The number of anilines is 1. The largest absolute Gasteiger partial charge is 0.396 e. The molecule has 0 saturated carbocycles. The molecule has 1 atom stereocenters. The Labute approximate surface area is 111 Å². The number of hydrogen-bond donors (Lipinski definition) is 2. The molecular weight excluding hydrogens is 248 g/mol. The molecule has 1 rings (SSSR count). The van der Waals surface area contributed by atoms with E-state index < -0.39 is 4.92 Å². The number of nitrogens with zero attached hydrogens (tertiary/aromatic N) is 1. The second-order valence-electron chi connectivity index (χ2n) is 4.32. The molecule has 6 nitrogen and oxygen atoms in total. The number of rotatable bonds is 8. The summed E-state index contributed by atoms with van der Waals surface area (Å²) in [5.41, 5.74) is 0.565. The Morgan fingerprint density at radius 1 is 1.53 bits per heavy atom. The Morgan fingerprint density at radius 2 is 2.26 bits per heavy atom. The van der Waals surface area contributed by atoms with Crippen LogP contribution in [0.1, 0.15) is 30.1 Å². The average Bonchev–Trinajstić information content (AvgIpc) is 2.43. The first kappa shape index (κ1) is 15.1. The number of nitro benzene ring substituents is 1. The van der Waals surface area contributed by atoms with Gasteiger partial charge in [-0.1, -0.05) is 13.3 Å². The van der Waals surface area contributed by atoms with Crippen molar-refractivity contribution in [1.29, 1.82) is 0 Å². The van der Waals surface area contributed by atoms with Crippen molar-refractivity contribution in [3.63, 3.8) is 0 Å². The van der Waals surface area contributed by atoms with Gasteiger partial charge < -0.3 is 10.4 Å². The lowest BCUT2D eigenvalue weighted by Crippen LogP contribution is -2.15. The Kier molecular flexibility index (Phi) is 5.95. The fourth-order valence-electron chi connectivity index (χ4n) is 1.81. The predicted molar refractivity (Wildman–Crippen MR) is 72.5 cm³/mol. The van der Waals surface area contributed by atoms with Gasteiger partial charge in [0.1, 0.15) is 12.0 Å². The van der Waals surface area contributed by atoms with Crippen molar-refractivity contribution in [1.82, 2.24) is 0 Å². The highest BCUT2D eigenvalue weighted by Gasteiger charge is 2.15. The summed E-state index contributed by atoms with van der Waals surface area (Å²) in [6, 6.07) is 4.32. The molecule has 0 radical (unpaired) electrons. The number of carbonyl (C=O) groups is 1. The summed E-state index contributed by atoms with van der Waals surface area (Å²) < 4.78 is 0. The second-order valence-corrected chi connectivity index (χ2v) is 4.32.